The van der Waals surface area contributed by atoms with Crippen LogP contribution in [0.5, 0.6) is 5.75 Å². The number of aryl methyl sites for hydroxylation is 2. The molecule has 2 heterocycles. The van der Waals surface area contributed by atoms with Crippen LogP contribution >= 0.6 is 0 Å². The summed E-state index contributed by atoms with van der Waals surface area (Å²) in [4.78, 5) is 10.7. The molecule has 0 aliphatic carbocycles. The Labute approximate surface area is 347 Å². The molecule has 0 aliphatic rings. The Morgan fingerprint density at radius 3 is 1.36 bits per heavy atom. The van der Waals surface area contributed by atoms with Gasteiger partial charge < -0.3 is 4.74 Å². The average Bonchev–Trinajstić information content (AvgIpc) is 3.19. The molecular formula is C55H58N2O. The summed E-state index contributed by atoms with van der Waals surface area (Å²) in [6, 6.07) is 48.1. The second-order valence-electron chi connectivity index (χ2n) is 18.9. The summed E-state index contributed by atoms with van der Waals surface area (Å²) in [7, 11) is 1.72. The number of hydrogen-bond donors (Lipinski definition) is 0. The van der Waals surface area contributed by atoms with E-state index in [2.05, 4.69) is 191 Å². The van der Waals surface area contributed by atoms with Crippen molar-refractivity contribution in [3.05, 3.63) is 161 Å². The van der Waals surface area contributed by atoms with Crippen molar-refractivity contribution in [2.45, 2.75) is 92.4 Å². The summed E-state index contributed by atoms with van der Waals surface area (Å²) < 4.78 is 5.88. The van der Waals surface area contributed by atoms with Gasteiger partial charge in [-0.1, -0.05) is 153 Å². The van der Waals surface area contributed by atoms with Gasteiger partial charge in [0, 0.05) is 22.3 Å². The molecule has 294 valence electrons. The molecule has 7 rings (SSSR count). The Kier molecular flexibility index (Phi) is 10.8. The lowest BCUT2D eigenvalue weighted by molar-refractivity contribution is 0.416. The van der Waals surface area contributed by atoms with Crippen LogP contribution in [0.2, 0.25) is 0 Å². The third kappa shape index (κ3) is 8.55. The van der Waals surface area contributed by atoms with Crippen molar-refractivity contribution in [2.24, 2.45) is 0 Å². The average molecular weight is 763 g/mol. The molecule has 0 saturated carbocycles. The normalized spacial score (nSPS) is 12.1. The zero-order chi connectivity index (χ0) is 41.6. The lowest BCUT2D eigenvalue weighted by Crippen LogP contribution is -2.16. The molecular weight excluding hydrogens is 705 g/mol. The van der Waals surface area contributed by atoms with Gasteiger partial charge in [0.15, 0.2) is 0 Å². The van der Waals surface area contributed by atoms with Crippen LogP contribution in [0.25, 0.3) is 67.3 Å². The zero-order valence-corrected chi connectivity index (χ0v) is 36.5. The van der Waals surface area contributed by atoms with Crippen molar-refractivity contribution in [3.8, 4) is 73.0 Å². The standard InChI is InChI=1S/C55H58N2O/c1-35-25-43(53(3,4)5)26-36(2)52(35)42-32-47(37-19-14-13-15-20-37)56-49(33-42)39-22-18-21-38(27-39)48-30-41(31-50(57-48)46-23-16-17-24-51(46)58-12)40-28-44(54(6,7)8)34-45(29-40)55(9,10)11/h13-34H,1-12H3. The van der Waals surface area contributed by atoms with Crippen LogP contribution in [-0.2, 0) is 16.2 Å². The molecule has 0 unspecified atom stereocenters. The van der Waals surface area contributed by atoms with E-state index in [1.165, 1.54) is 38.9 Å². The number of ether oxygens (including phenoxy) is 1. The van der Waals surface area contributed by atoms with Crippen molar-refractivity contribution in [3.63, 3.8) is 0 Å². The van der Waals surface area contributed by atoms with E-state index in [9.17, 15) is 0 Å². The lowest BCUT2D eigenvalue weighted by atomic mass is 9.79. The van der Waals surface area contributed by atoms with E-state index in [4.69, 9.17) is 14.7 Å². The molecule has 0 radical (unpaired) electrons. The highest BCUT2D eigenvalue weighted by atomic mass is 16.5. The number of pyridine rings is 2. The largest absolute Gasteiger partial charge is 0.496 e. The van der Waals surface area contributed by atoms with Crippen molar-refractivity contribution in [1.29, 1.82) is 0 Å². The van der Waals surface area contributed by atoms with Crippen molar-refractivity contribution < 1.29 is 4.74 Å². The molecule has 7 aromatic rings. The molecule has 0 bridgehead atoms. The van der Waals surface area contributed by atoms with Crippen LogP contribution in [0, 0.1) is 13.8 Å². The summed E-state index contributed by atoms with van der Waals surface area (Å²) in [6.45, 7) is 25.0. The maximum Gasteiger partial charge on any atom is 0.128 e. The number of methoxy groups -OCH3 is 1. The lowest BCUT2D eigenvalue weighted by Gasteiger charge is -2.26. The van der Waals surface area contributed by atoms with Crippen molar-refractivity contribution in [1.82, 2.24) is 9.97 Å². The Bertz CT molecular complexity index is 2560. The van der Waals surface area contributed by atoms with Crippen LogP contribution in [0.4, 0.5) is 0 Å². The third-order valence-corrected chi connectivity index (χ3v) is 11.2. The molecule has 3 heteroatoms. The molecule has 3 nitrogen and oxygen atoms in total. The van der Waals surface area contributed by atoms with Crippen LogP contribution in [0.1, 0.15) is 90.1 Å². The molecule has 0 N–H and O–H groups in total. The first-order valence-electron chi connectivity index (χ1n) is 20.5. The van der Waals surface area contributed by atoms with Gasteiger partial charge in [-0.3, -0.25) is 0 Å². The highest BCUT2D eigenvalue weighted by Crippen LogP contribution is 2.40. The summed E-state index contributed by atoms with van der Waals surface area (Å²) in [5, 5.41) is 0. The fraction of sp³-hybridized carbons (Fsp3) is 0.273. The van der Waals surface area contributed by atoms with Gasteiger partial charge in [0.2, 0.25) is 0 Å². The number of nitrogens with zero attached hydrogens (tertiary/aromatic N) is 2. The van der Waals surface area contributed by atoms with E-state index in [0.717, 1.165) is 61.9 Å². The topological polar surface area (TPSA) is 35.0 Å². The minimum Gasteiger partial charge on any atom is -0.496 e. The van der Waals surface area contributed by atoms with Crippen LogP contribution in [0.15, 0.2) is 133 Å². The van der Waals surface area contributed by atoms with Crippen molar-refractivity contribution in [2.75, 3.05) is 7.11 Å². The zero-order valence-electron chi connectivity index (χ0n) is 36.5. The van der Waals surface area contributed by atoms with E-state index in [1.54, 1.807) is 7.11 Å². The van der Waals surface area contributed by atoms with Gasteiger partial charge in [0.1, 0.15) is 5.75 Å². The molecule has 0 spiro atoms. The van der Waals surface area contributed by atoms with Gasteiger partial charge in [-0.05, 0) is 123 Å². The number of rotatable bonds is 7. The van der Waals surface area contributed by atoms with Crippen LogP contribution in [0.3, 0.4) is 0 Å². The molecule has 0 fully saturated rings. The van der Waals surface area contributed by atoms with Gasteiger partial charge in [-0.25, -0.2) is 9.97 Å². The smallest absolute Gasteiger partial charge is 0.128 e. The van der Waals surface area contributed by atoms with E-state index in [0.29, 0.717) is 0 Å². The van der Waals surface area contributed by atoms with Gasteiger partial charge in [-0.15, -0.1) is 0 Å². The maximum atomic E-state index is 5.88. The van der Waals surface area contributed by atoms with Crippen LogP contribution in [-0.4, -0.2) is 17.1 Å². The molecule has 0 saturated heterocycles. The highest BCUT2D eigenvalue weighted by molar-refractivity contribution is 5.83. The summed E-state index contributed by atoms with van der Waals surface area (Å²) in [5.74, 6) is 0.793. The quantitative estimate of drug-likeness (QED) is 0.162. The monoisotopic (exact) mass is 762 g/mol. The second-order valence-corrected chi connectivity index (χ2v) is 18.9. The molecule has 0 aliphatic heterocycles. The first-order chi connectivity index (χ1) is 27.4. The Hall–Kier alpha value is -5.80. The van der Waals surface area contributed by atoms with Gasteiger partial charge >= 0.3 is 0 Å². The van der Waals surface area contributed by atoms with Crippen molar-refractivity contribution >= 4 is 0 Å². The predicted molar refractivity (Wildman–Crippen MR) is 247 cm³/mol. The first-order valence-corrected chi connectivity index (χ1v) is 20.5. The van der Waals surface area contributed by atoms with E-state index >= 15 is 0 Å². The van der Waals surface area contributed by atoms with E-state index in [1.807, 2.05) is 18.2 Å². The van der Waals surface area contributed by atoms with E-state index in [-0.39, 0.29) is 16.2 Å². The van der Waals surface area contributed by atoms with Gasteiger partial charge in [-0.2, -0.15) is 0 Å². The Balaban J connectivity index is 1.43. The van der Waals surface area contributed by atoms with Gasteiger partial charge in [0.25, 0.3) is 0 Å². The molecule has 0 amide bonds. The maximum absolute atomic E-state index is 5.88. The second kappa shape index (κ2) is 15.5. The Morgan fingerprint density at radius 1 is 0.379 bits per heavy atom. The fourth-order valence-corrected chi connectivity index (χ4v) is 7.77. The predicted octanol–water partition coefficient (Wildman–Crippen LogP) is 15.0. The summed E-state index contributed by atoms with van der Waals surface area (Å²) in [6.07, 6.45) is 0. The Morgan fingerprint density at radius 2 is 0.810 bits per heavy atom. The summed E-state index contributed by atoms with van der Waals surface area (Å²) in [5.41, 5.74) is 19.0. The summed E-state index contributed by atoms with van der Waals surface area (Å²) >= 11 is 0. The minimum atomic E-state index is -0.0163. The molecule has 5 aromatic carbocycles. The van der Waals surface area contributed by atoms with E-state index < -0.39 is 0 Å². The number of hydrogen-bond acceptors (Lipinski definition) is 3. The fourth-order valence-electron chi connectivity index (χ4n) is 7.77. The molecule has 0 atom stereocenters. The minimum absolute atomic E-state index is 0.0163. The van der Waals surface area contributed by atoms with Crippen LogP contribution < -0.4 is 4.74 Å². The number of para-hydroxylation sites is 1. The first kappa shape index (κ1) is 40.4. The number of benzene rings is 5. The SMILES string of the molecule is COc1ccccc1-c1cc(-c2cc(C(C)(C)C)cc(C(C)(C)C)c2)cc(-c2cccc(-c3cc(-c4c(C)cc(C(C)(C)C)cc4C)cc(-c4ccccc4)n3)c2)n1. The van der Waals surface area contributed by atoms with Gasteiger partial charge in [0.05, 0.1) is 29.9 Å². The third-order valence-electron chi connectivity index (χ3n) is 11.2. The molecule has 2 aromatic heterocycles. The highest BCUT2D eigenvalue weighted by Gasteiger charge is 2.23. The molecule has 58 heavy (non-hydrogen) atoms. The number of aromatic nitrogens is 2.